The predicted molar refractivity (Wildman–Crippen MR) is 45.8 cm³/mol. The Morgan fingerprint density at radius 2 is 1.47 bits per heavy atom. The number of allylic oxidation sites excluding steroid dienone is 2. The first-order valence-corrected chi connectivity index (χ1v) is 4.47. The van der Waals surface area contributed by atoms with E-state index in [1.54, 1.807) is 0 Å². The normalized spacial score (nSPS) is 22.6. The molecule has 0 radical (unpaired) electrons. The molecule has 1 unspecified atom stereocenters. The molecule has 17 heavy (non-hydrogen) atoms. The molecule has 0 saturated carbocycles. The number of hydrogen-bond acceptors (Lipinski definition) is 1. The molecule has 0 aromatic heterocycles. The minimum atomic E-state index is -6.07. The van der Waals surface area contributed by atoms with Crippen LogP contribution in [-0.2, 0) is 0 Å². The Bertz CT molecular complexity index is 335. The molecule has 0 aromatic rings. The maximum atomic E-state index is 13.4. The van der Waals surface area contributed by atoms with Crippen molar-refractivity contribution in [3.8, 4) is 0 Å². The molecule has 98 valence electrons. The highest BCUT2D eigenvalue weighted by Crippen LogP contribution is 2.51. The minimum Gasteiger partial charge on any atom is -0.324 e. The van der Waals surface area contributed by atoms with Crippen LogP contribution < -0.4 is 5.73 Å². The van der Waals surface area contributed by atoms with Crippen molar-refractivity contribution >= 4 is 0 Å². The first-order valence-electron chi connectivity index (χ1n) is 4.47. The SMILES string of the molecule is NC1C=CC(C(F)(C(F)(F)F)C(F)(F)F)=CC1. The molecule has 1 nitrogen and oxygen atoms in total. The lowest BCUT2D eigenvalue weighted by Gasteiger charge is -2.32. The molecule has 8 heteroatoms. The van der Waals surface area contributed by atoms with Gasteiger partial charge in [0.1, 0.15) is 0 Å². The molecule has 1 aliphatic rings. The highest BCUT2D eigenvalue weighted by molar-refractivity contribution is 5.37. The minimum absolute atomic E-state index is 0.274. The highest BCUT2D eigenvalue weighted by atomic mass is 19.4. The van der Waals surface area contributed by atoms with Crippen molar-refractivity contribution in [2.75, 3.05) is 0 Å². The van der Waals surface area contributed by atoms with Crippen LogP contribution in [0.1, 0.15) is 6.42 Å². The van der Waals surface area contributed by atoms with E-state index in [-0.39, 0.29) is 6.42 Å². The summed E-state index contributed by atoms with van der Waals surface area (Å²) in [5, 5.41) is 0. The summed E-state index contributed by atoms with van der Waals surface area (Å²) in [7, 11) is 0. The number of nitrogens with two attached hydrogens (primary N) is 1. The van der Waals surface area contributed by atoms with Gasteiger partial charge in [-0.15, -0.1) is 0 Å². The summed E-state index contributed by atoms with van der Waals surface area (Å²) in [5.41, 5.74) is -1.58. The number of alkyl halides is 7. The molecule has 0 bridgehead atoms. The summed E-state index contributed by atoms with van der Waals surface area (Å²) in [6, 6.07) is -0.704. The van der Waals surface area contributed by atoms with Crippen LogP contribution in [-0.4, -0.2) is 24.1 Å². The third kappa shape index (κ3) is 2.31. The van der Waals surface area contributed by atoms with Gasteiger partial charge < -0.3 is 5.73 Å². The van der Waals surface area contributed by atoms with Gasteiger partial charge in [0.05, 0.1) is 0 Å². The van der Waals surface area contributed by atoms with Crippen LogP contribution in [0.5, 0.6) is 0 Å². The van der Waals surface area contributed by atoms with E-state index in [1.165, 1.54) is 0 Å². The molecule has 0 aliphatic heterocycles. The fraction of sp³-hybridized carbons (Fsp3) is 0.556. The van der Waals surface area contributed by atoms with Crippen LogP contribution >= 0.6 is 0 Å². The number of hydrogen-bond donors (Lipinski definition) is 1. The zero-order valence-electron chi connectivity index (χ0n) is 8.24. The molecular weight excluding hydrogens is 255 g/mol. The van der Waals surface area contributed by atoms with Gasteiger partial charge in [-0.05, 0) is 6.42 Å². The van der Waals surface area contributed by atoms with Gasteiger partial charge in [-0.3, -0.25) is 0 Å². The Morgan fingerprint density at radius 3 is 1.76 bits per heavy atom. The van der Waals surface area contributed by atoms with E-state index in [4.69, 9.17) is 5.73 Å². The highest BCUT2D eigenvalue weighted by Gasteiger charge is 2.73. The second-order valence-electron chi connectivity index (χ2n) is 3.57. The van der Waals surface area contributed by atoms with Crippen molar-refractivity contribution in [3.63, 3.8) is 0 Å². The number of rotatable bonds is 1. The van der Waals surface area contributed by atoms with Gasteiger partial charge in [0, 0.05) is 11.6 Å². The van der Waals surface area contributed by atoms with E-state index in [0.717, 1.165) is 6.08 Å². The summed E-state index contributed by atoms with van der Waals surface area (Å²) in [5.74, 6) is 0. The van der Waals surface area contributed by atoms with Gasteiger partial charge in [-0.25, -0.2) is 4.39 Å². The third-order valence-electron chi connectivity index (χ3n) is 2.31. The molecule has 0 aromatic carbocycles. The van der Waals surface area contributed by atoms with Crippen LogP contribution in [0.2, 0.25) is 0 Å². The number of halogens is 7. The fourth-order valence-corrected chi connectivity index (χ4v) is 1.38. The Labute approximate surface area is 91.8 Å². The van der Waals surface area contributed by atoms with Gasteiger partial charge in [-0.2, -0.15) is 26.3 Å². The second-order valence-corrected chi connectivity index (χ2v) is 3.57. The Morgan fingerprint density at radius 1 is 1.00 bits per heavy atom. The van der Waals surface area contributed by atoms with Gasteiger partial charge >= 0.3 is 18.0 Å². The lowest BCUT2D eigenvalue weighted by molar-refractivity contribution is -0.325. The van der Waals surface area contributed by atoms with Gasteiger partial charge in [0.15, 0.2) is 0 Å². The topological polar surface area (TPSA) is 26.0 Å². The standard InChI is InChI=1S/C9H8F7N/c10-7(8(11,12)13,9(14,15)16)5-1-3-6(17)4-2-5/h1-3,6H,4,17H2. The molecular formula is C9H8F7N. The van der Waals surface area contributed by atoms with Gasteiger partial charge in [0.25, 0.3) is 0 Å². The lowest BCUT2D eigenvalue weighted by Crippen LogP contribution is -2.54. The molecule has 0 amide bonds. The summed E-state index contributed by atoms with van der Waals surface area (Å²) < 4.78 is 87.1. The smallest absolute Gasteiger partial charge is 0.324 e. The van der Waals surface area contributed by atoms with E-state index < -0.39 is 29.6 Å². The van der Waals surface area contributed by atoms with Crippen LogP contribution in [0.25, 0.3) is 0 Å². The van der Waals surface area contributed by atoms with E-state index in [9.17, 15) is 30.7 Å². The molecule has 0 fully saturated rings. The average Bonchev–Trinajstić information content (AvgIpc) is 2.14. The third-order valence-corrected chi connectivity index (χ3v) is 2.31. The second kappa shape index (κ2) is 4.01. The Kier molecular flexibility index (Phi) is 3.30. The quantitative estimate of drug-likeness (QED) is 0.723. The van der Waals surface area contributed by atoms with Crippen LogP contribution in [0.15, 0.2) is 23.8 Å². The van der Waals surface area contributed by atoms with Gasteiger partial charge in [-0.1, -0.05) is 18.2 Å². The first-order chi connectivity index (χ1) is 7.50. The fourth-order valence-electron chi connectivity index (χ4n) is 1.38. The van der Waals surface area contributed by atoms with Crippen LogP contribution in [0, 0.1) is 0 Å². The molecule has 1 atom stereocenters. The van der Waals surface area contributed by atoms with Crippen molar-refractivity contribution in [1.29, 1.82) is 0 Å². The van der Waals surface area contributed by atoms with Crippen molar-refractivity contribution in [2.24, 2.45) is 5.73 Å². The molecule has 2 N–H and O–H groups in total. The monoisotopic (exact) mass is 263 g/mol. The maximum absolute atomic E-state index is 13.4. The zero-order chi connectivity index (χ0) is 13.5. The molecule has 0 heterocycles. The van der Waals surface area contributed by atoms with Gasteiger partial charge in [0.2, 0.25) is 0 Å². The Balaban J connectivity index is 3.24. The first kappa shape index (κ1) is 14.0. The average molecular weight is 263 g/mol. The van der Waals surface area contributed by atoms with E-state index >= 15 is 0 Å². The van der Waals surface area contributed by atoms with Crippen molar-refractivity contribution in [1.82, 2.24) is 0 Å². The van der Waals surface area contributed by atoms with E-state index in [0.29, 0.717) is 12.2 Å². The van der Waals surface area contributed by atoms with E-state index in [2.05, 4.69) is 0 Å². The molecule has 1 rings (SSSR count). The summed E-state index contributed by atoms with van der Waals surface area (Å²) in [6.07, 6.45) is -10.6. The van der Waals surface area contributed by atoms with Crippen LogP contribution in [0.4, 0.5) is 30.7 Å². The predicted octanol–water partition coefficient (Wildman–Crippen LogP) is 3.03. The van der Waals surface area contributed by atoms with Crippen molar-refractivity contribution < 1.29 is 30.7 Å². The van der Waals surface area contributed by atoms with E-state index in [1.807, 2.05) is 0 Å². The summed E-state index contributed by atoms with van der Waals surface area (Å²) in [6.45, 7) is 0. The Hall–Kier alpha value is -1.05. The largest absolute Gasteiger partial charge is 0.435 e. The van der Waals surface area contributed by atoms with Crippen molar-refractivity contribution in [3.05, 3.63) is 23.8 Å². The summed E-state index contributed by atoms with van der Waals surface area (Å²) >= 11 is 0. The lowest BCUT2D eigenvalue weighted by atomic mass is 9.89. The molecule has 1 aliphatic carbocycles. The van der Waals surface area contributed by atoms with Crippen LogP contribution in [0.3, 0.4) is 0 Å². The maximum Gasteiger partial charge on any atom is 0.435 e. The molecule has 0 saturated heterocycles. The van der Waals surface area contributed by atoms with Crippen molar-refractivity contribution in [2.45, 2.75) is 30.5 Å². The zero-order valence-corrected chi connectivity index (χ0v) is 8.24. The molecule has 0 spiro atoms. The summed E-state index contributed by atoms with van der Waals surface area (Å²) in [4.78, 5) is 0.